The van der Waals surface area contributed by atoms with Gasteiger partial charge in [-0.15, -0.1) is 6.54 Å². The number of likely N-dealkylation sites (N-methyl/N-ethyl adjacent to an activating group) is 1. The first kappa shape index (κ1) is 13.5. The molecule has 0 unspecified atom stereocenters. The largest absolute Gasteiger partial charge is 1.00 e. The molecule has 1 rings (SSSR count). The van der Waals surface area contributed by atoms with Crippen LogP contribution < -0.4 is 51.4 Å². The van der Waals surface area contributed by atoms with Crippen molar-refractivity contribution in [3.63, 3.8) is 0 Å². The minimum Gasteiger partial charge on any atom is -0.677 e. The number of piperazine rings is 1. The Morgan fingerprint density at radius 1 is 1.17 bits per heavy atom. The molecule has 1 fully saturated rings. The molecule has 12 heavy (non-hydrogen) atoms. The SMILES string of the molecule is CN1CCN(CCC[NH-])CC1.[K+]. The van der Waals surface area contributed by atoms with E-state index in [4.69, 9.17) is 5.73 Å². The fourth-order valence-electron chi connectivity index (χ4n) is 1.37. The molecule has 0 aromatic heterocycles. The van der Waals surface area contributed by atoms with Crippen LogP contribution >= 0.6 is 0 Å². The van der Waals surface area contributed by atoms with Crippen molar-refractivity contribution in [1.29, 1.82) is 0 Å². The van der Waals surface area contributed by atoms with Crippen LogP contribution in [0.1, 0.15) is 6.42 Å². The third-order valence-electron chi connectivity index (χ3n) is 2.25. The van der Waals surface area contributed by atoms with E-state index >= 15 is 0 Å². The van der Waals surface area contributed by atoms with Crippen LogP contribution in [0.2, 0.25) is 0 Å². The van der Waals surface area contributed by atoms with Gasteiger partial charge in [-0.25, -0.2) is 0 Å². The summed E-state index contributed by atoms with van der Waals surface area (Å²) in [5.74, 6) is 0. The average molecular weight is 195 g/mol. The van der Waals surface area contributed by atoms with Crippen molar-refractivity contribution in [3.05, 3.63) is 5.73 Å². The zero-order chi connectivity index (χ0) is 8.10. The summed E-state index contributed by atoms with van der Waals surface area (Å²) < 4.78 is 0. The van der Waals surface area contributed by atoms with Gasteiger partial charge in [0.2, 0.25) is 0 Å². The van der Waals surface area contributed by atoms with Gasteiger partial charge in [-0.05, 0) is 13.6 Å². The maximum absolute atomic E-state index is 7.02. The second kappa shape index (κ2) is 7.88. The summed E-state index contributed by atoms with van der Waals surface area (Å²) in [7, 11) is 2.17. The normalized spacial score (nSPS) is 20.5. The molecule has 1 aliphatic heterocycles. The smallest absolute Gasteiger partial charge is 0.677 e. The van der Waals surface area contributed by atoms with E-state index in [2.05, 4.69) is 16.8 Å². The van der Waals surface area contributed by atoms with Gasteiger partial charge in [0.05, 0.1) is 0 Å². The van der Waals surface area contributed by atoms with Gasteiger partial charge in [-0.3, -0.25) is 0 Å². The van der Waals surface area contributed by atoms with E-state index in [9.17, 15) is 0 Å². The van der Waals surface area contributed by atoms with Crippen LogP contribution in [0.25, 0.3) is 5.73 Å². The first-order valence-electron chi connectivity index (χ1n) is 4.38. The number of nitrogens with zero attached hydrogens (tertiary/aromatic N) is 2. The molecule has 3 nitrogen and oxygen atoms in total. The van der Waals surface area contributed by atoms with Crippen LogP contribution in [0.3, 0.4) is 0 Å². The van der Waals surface area contributed by atoms with Crippen molar-refractivity contribution in [2.75, 3.05) is 46.3 Å². The number of hydrogen-bond donors (Lipinski definition) is 0. The van der Waals surface area contributed by atoms with Gasteiger partial charge in [0.25, 0.3) is 0 Å². The molecule has 1 N–H and O–H groups in total. The van der Waals surface area contributed by atoms with Crippen LogP contribution in [0.4, 0.5) is 0 Å². The minimum atomic E-state index is 0. The van der Waals surface area contributed by atoms with Crippen LogP contribution in [-0.4, -0.2) is 56.1 Å². The molecule has 0 amide bonds. The third-order valence-corrected chi connectivity index (χ3v) is 2.25. The van der Waals surface area contributed by atoms with Crippen LogP contribution in [0, 0.1) is 0 Å². The van der Waals surface area contributed by atoms with Gasteiger partial charge >= 0.3 is 51.4 Å². The summed E-state index contributed by atoms with van der Waals surface area (Å²) in [6.45, 7) is 6.46. The van der Waals surface area contributed by atoms with E-state index in [-0.39, 0.29) is 51.4 Å². The molecule has 4 heteroatoms. The first-order valence-corrected chi connectivity index (χ1v) is 4.38. The quantitative estimate of drug-likeness (QED) is 0.473. The van der Waals surface area contributed by atoms with E-state index in [0.717, 1.165) is 13.0 Å². The molecule has 1 aliphatic rings. The summed E-state index contributed by atoms with van der Waals surface area (Å²) in [6, 6.07) is 0. The summed E-state index contributed by atoms with van der Waals surface area (Å²) in [5, 5.41) is 0. The maximum atomic E-state index is 7.02. The number of hydrogen-bond acceptors (Lipinski definition) is 2. The molecule has 0 aromatic carbocycles. The standard InChI is InChI=1S/C8H18N3.K/c1-10-5-7-11(8-6-10)4-2-3-9;/h9H,2-8H2,1H3;/q-1;+1. The van der Waals surface area contributed by atoms with Crippen molar-refractivity contribution >= 4 is 0 Å². The van der Waals surface area contributed by atoms with Crippen LogP contribution in [0.15, 0.2) is 0 Å². The zero-order valence-corrected chi connectivity index (χ0v) is 11.5. The van der Waals surface area contributed by atoms with Gasteiger partial charge in [0, 0.05) is 26.2 Å². The molecule has 66 valence electrons. The third kappa shape index (κ3) is 5.29. The van der Waals surface area contributed by atoms with E-state index in [1.54, 1.807) is 0 Å². The topological polar surface area (TPSA) is 30.3 Å². The van der Waals surface area contributed by atoms with E-state index < -0.39 is 0 Å². The molecule has 0 aliphatic carbocycles. The fourth-order valence-corrected chi connectivity index (χ4v) is 1.37. The monoisotopic (exact) mass is 195 g/mol. The molecule has 1 saturated heterocycles. The Bertz CT molecular complexity index is 99.7. The van der Waals surface area contributed by atoms with Gasteiger partial charge in [-0.2, -0.15) is 0 Å². The van der Waals surface area contributed by atoms with E-state index in [1.165, 1.54) is 26.2 Å². The van der Waals surface area contributed by atoms with Crippen LogP contribution in [0.5, 0.6) is 0 Å². The summed E-state index contributed by atoms with van der Waals surface area (Å²) in [4.78, 5) is 4.81. The molecule has 0 bridgehead atoms. The molecule has 0 saturated carbocycles. The number of rotatable bonds is 3. The van der Waals surface area contributed by atoms with Crippen molar-refractivity contribution in [2.45, 2.75) is 6.42 Å². The van der Waals surface area contributed by atoms with Crippen molar-refractivity contribution in [1.82, 2.24) is 9.80 Å². The Morgan fingerprint density at radius 3 is 2.25 bits per heavy atom. The summed E-state index contributed by atoms with van der Waals surface area (Å²) in [5.41, 5.74) is 7.02. The van der Waals surface area contributed by atoms with Crippen molar-refractivity contribution in [3.8, 4) is 0 Å². The summed E-state index contributed by atoms with van der Waals surface area (Å²) >= 11 is 0. The Balaban J connectivity index is 0.00000121. The second-order valence-electron chi connectivity index (χ2n) is 3.25. The molecule has 1 heterocycles. The minimum absolute atomic E-state index is 0. The van der Waals surface area contributed by atoms with Gasteiger partial charge < -0.3 is 15.5 Å². The predicted molar refractivity (Wildman–Crippen MR) is 47.7 cm³/mol. The summed E-state index contributed by atoms with van der Waals surface area (Å²) in [6.07, 6.45) is 1.03. The van der Waals surface area contributed by atoms with E-state index in [0.29, 0.717) is 6.54 Å². The van der Waals surface area contributed by atoms with Crippen molar-refractivity contribution in [2.24, 2.45) is 0 Å². The molecule has 0 spiro atoms. The molecular formula is C8H18KN3. The average Bonchev–Trinajstić information content (AvgIpc) is 2.04. The Morgan fingerprint density at radius 2 is 1.75 bits per heavy atom. The fraction of sp³-hybridized carbons (Fsp3) is 1.00. The molecule has 0 aromatic rings. The molecular weight excluding hydrogens is 177 g/mol. The Kier molecular flexibility index (Phi) is 8.87. The predicted octanol–water partition coefficient (Wildman–Crippen LogP) is -2.32. The maximum Gasteiger partial charge on any atom is 1.00 e. The van der Waals surface area contributed by atoms with Gasteiger partial charge in [0.1, 0.15) is 0 Å². The van der Waals surface area contributed by atoms with Crippen molar-refractivity contribution < 1.29 is 51.4 Å². The first-order chi connectivity index (χ1) is 5.33. The number of nitrogens with one attached hydrogen (secondary N) is 1. The van der Waals surface area contributed by atoms with E-state index in [1.807, 2.05) is 0 Å². The Hall–Kier alpha value is 1.52. The zero-order valence-electron chi connectivity index (χ0n) is 8.34. The van der Waals surface area contributed by atoms with Gasteiger partial charge in [-0.1, -0.05) is 6.42 Å². The van der Waals surface area contributed by atoms with Crippen LogP contribution in [-0.2, 0) is 0 Å². The molecule has 0 atom stereocenters. The van der Waals surface area contributed by atoms with Gasteiger partial charge in [0.15, 0.2) is 0 Å². The Labute approximate surface area is 118 Å². The molecule has 0 radical (unpaired) electrons. The second-order valence-corrected chi connectivity index (χ2v) is 3.25.